The first-order valence-electron chi connectivity index (χ1n) is 8.36. The van der Waals surface area contributed by atoms with E-state index in [1.807, 2.05) is 17.1 Å². The van der Waals surface area contributed by atoms with Crippen LogP contribution in [0.15, 0.2) is 43.0 Å². The summed E-state index contributed by atoms with van der Waals surface area (Å²) in [5, 5.41) is 4.38. The second-order valence-corrected chi connectivity index (χ2v) is 6.56. The number of nitrogens with two attached hydrogens (primary N) is 1. The zero-order valence-electron chi connectivity index (χ0n) is 14.5. The standard InChI is InChI=1S/C19H22FN5/c1-13(2)11-25-12-14(10-24-25)5-16-6-17(20)3-4-18(16)19-22-8-15(7-21)9-23-19/h3-4,6,8-10,12-13H,5,7,11,21H2,1-2H3. The molecule has 0 unspecified atom stereocenters. The SMILES string of the molecule is CC(C)Cn1cc(Cc2cc(F)ccc2-c2ncc(CN)cn2)cn1. The molecule has 0 aliphatic heterocycles. The highest BCUT2D eigenvalue weighted by Crippen LogP contribution is 2.24. The third-order valence-electron chi connectivity index (χ3n) is 3.88. The predicted molar refractivity (Wildman–Crippen MR) is 95.2 cm³/mol. The van der Waals surface area contributed by atoms with Crippen molar-refractivity contribution < 1.29 is 4.39 Å². The Morgan fingerprint density at radius 1 is 1.12 bits per heavy atom. The molecule has 3 rings (SSSR count). The van der Waals surface area contributed by atoms with Gasteiger partial charge in [-0.1, -0.05) is 13.8 Å². The topological polar surface area (TPSA) is 69.6 Å². The van der Waals surface area contributed by atoms with Crippen LogP contribution < -0.4 is 5.73 Å². The molecule has 3 aromatic rings. The van der Waals surface area contributed by atoms with E-state index in [-0.39, 0.29) is 5.82 Å². The Labute approximate surface area is 146 Å². The van der Waals surface area contributed by atoms with Crippen LogP contribution in [0.3, 0.4) is 0 Å². The lowest BCUT2D eigenvalue weighted by Crippen LogP contribution is -2.04. The monoisotopic (exact) mass is 339 g/mol. The number of hydrogen-bond donors (Lipinski definition) is 1. The maximum absolute atomic E-state index is 13.8. The van der Waals surface area contributed by atoms with Gasteiger partial charge in [0.1, 0.15) is 5.82 Å². The Hall–Kier alpha value is -2.60. The molecule has 1 aromatic carbocycles. The third kappa shape index (κ3) is 4.28. The van der Waals surface area contributed by atoms with Crippen molar-refractivity contribution in [1.82, 2.24) is 19.7 Å². The average molecular weight is 339 g/mol. The summed E-state index contributed by atoms with van der Waals surface area (Å²) in [6.07, 6.45) is 7.82. The lowest BCUT2D eigenvalue weighted by atomic mass is 10.0. The first-order valence-corrected chi connectivity index (χ1v) is 8.36. The molecular weight excluding hydrogens is 317 g/mol. The van der Waals surface area contributed by atoms with Crippen molar-refractivity contribution in [2.24, 2.45) is 11.7 Å². The Kier molecular flexibility index (Phi) is 5.19. The van der Waals surface area contributed by atoms with Gasteiger partial charge in [-0.05, 0) is 35.2 Å². The normalized spacial score (nSPS) is 11.2. The van der Waals surface area contributed by atoms with Gasteiger partial charge < -0.3 is 5.73 Å². The fourth-order valence-corrected chi connectivity index (χ4v) is 2.72. The molecule has 0 bridgehead atoms. The summed E-state index contributed by atoms with van der Waals surface area (Å²) in [7, 11) is 0. The quantitative estimate of drug-likeness (QED) is 0.749. The van der Waals surface area contributed by atoms with Gasteiger partial charge in [-0.25, -0.2) is 14.4 Å². The summed E-state index contributed by atoms with van der Waals surface area (Å²) in [6, 6.07) is 4.69. The molecule has 0 fully saturated rings. The number of benzene rings is 1. The van der Waals surface area contributed by atoms with Crippen molar-refractivity contribution >= 4 is 0 Å². The Morgan fingerprint density at radius 3 is 2.56 bits per heavy atom. The van der Waals surface area contributed by atoms with Gasteiger partial charge in [-0.15, -0.1) is 0 Å². The highest BCUT2D eigenvalue weighted by atomic mass is 19.1. The second kappa shape index (κ2) is 7.53. The van der Waals surface area contributed by atoms with E-state index in [4.69, 9.17) is 5.73 Å². The van der Waals surface area contributed by atoms with Gasteiger partial charge >= 0.3 is 0 Å². The van der Waals surface area contributed by atoms with Crippen LogP contribution in [0.25, 0.3) is 11.4 Å². The second-order valence-electron chi connectivity index (χ2n) is 6.56. The van der Waals surface area contributed by atoms with Crippen molar-refractivity contribution in [2.45, 2.75) is 33.4 Å². The molecule has 0 aliphatic rings. The Morgan fingerprint density at radius 2 is 1.88 bits per heavy atom. The van der Waals surface area contributed by atoms with Gasteiger partial charge in [0, 0.05) is 49.2 Å². The maximum Gasteiger partial charge on any atom is 0.159 e. The van der Waals surface area contributed by atoms with Crippen LogP contribution >= 0.6 is 0 Å². The molecule has 0 amide bonds. The summed E-state index contributed by atoms with van der Waals surface area (Å²) < 4.78 is 15.7. The lowest BCUT2D eigenvalue weighted by molar-refractivity contribution is 0.483. The first-order chi connectivity index (χ1) is 12.0. The van der Waals surface area contributed by atoms with Gasteiger partial charge in [-0.3, -0.25) is 4.68 Å². The van der Waals surface area contributed by atoms with E-state index in [1.165, 1.54) is 12.1 Å². The zero-order valence-corrected chi connectivity index (χ0v) is 14.5. The minimum Gasteiger partial charge on any atom is -0.326 e. The van der Waals surface area contributed by atoms with E-state index in [9.17, 15) is 4.39 Å². The van der Waals surface area contributed by atoms with E-state index in [0.29, 0.717) is 24.7 Å². The zero-order chi connectivity index (χ0) is 17.8. The fourth-order valence-electron chi connectivity index (χ4n) is 2.72. The molecule has 0 saturated carbocycles. The lowest BCUT2D eigenvalue weighted by Gasteiger charge is -2.08. The van der Waals surface area contributed by atoms with Crippen LogP contribution in [0.4, 0.5) is 4.39 Å². The van der Waals surface area contributed by atoms with E-state index in [2.05, 4.69) is 28.9 Å². The van der Waals surface area contributed by atoms with Crippen LogP contribution in [0, 0.1) is 11.7 Å². The van der Waals surface area contributed by atoms with Crippen LogP contribution in [0.5, 0.6) is 0 Å². The molecule has 2 N–H and O–H groups in total. The summed E-state index contributed by atoms with van der Waals surface area (Å²) in [5.74, 6) is 0.820. The number of nitrogens with zero attached hydrogens (tertiary/aromatic N) is 4. The third-order valence-corrected chi connectivity index (χ3v) is 3.88. The largest absolute Gasteiger partial charge is 0.326 e. The number of halogens is 1. The predicted octanol–water partition coefficient (Wildman–Crippen LogP) is 3.18. The molecule has 2 aromatic heterocycles. The highest BCUT2D eigenvalue weighted by Gasteiger charge is 2.11. The van der Waals surface area contributed by atoms with Gasteiger partial charge in [0.2, 0.25) is 0 Å². The molecule has 0 aliphatic carbocycles. The van der Waals surface area contributed by atoms with Crippen LogP contribution in [0.2, 0.25) is 0 Å². The molecule has 0 saturated heterocycles. The van der Waals surface area contributed by atoms with E-state index < -0.39 is 0 Å². The molecule has 130 valence electrons. The van der Waals surface area contributed by atoms with Crippen LogP contribution in [-0.2, 0) is 19.5 Å². The molecule has 0 spiro atoms. The van der Waals surface area contributed by atoms with E-state index >= 15 is 0 Å². The molecule has 0 radical (unpaired) electrons. The highest BCUT2D eigenvalue weighted by molar-refractivity contribution is 5.61. The molecule has 5 nitrogen and oxygen atoms in total. The number of hydrogen-bond acceptors (Lipinski definition) is 4. The van der Waals surface area contributed by atoms with E-state index in [0.717, 1.165) is 28.8 Å². The van der Waals surface area contributed by atoms with Crippen molar-refractivity contribution in [3.05, 3.63) is 65.5 Å². The molecule has 6 heteroatoms. The molecular formula is C19H22FN5. The smallest absolute Gasteiger partial charge is 0.159 e. The van der Waals surface area contributed by atoms with Crippen molar-refractivity contribution in [1.29, 1.82) is 0 Å². The molecule has 25 heavy (non-hydrogen) atoms. The summed E-state index contributed by atoms with van der Waals surface area (Å²) in [5.41, 5.74) is 9.14. The summed E-state index contributed by atoms with van der Waals surface area (Å²) >= 11 is 0. The van der Waals surface area contributed by atoms with Gasteiger partial charge in [0.25, 0.3) is 0 Å². The number of aromatic nitrogens is 4. The summed E-state index contributed by atoms with van der Waals surface area (Å²) in [6.45, 7) is 5.55. The Balaban J connectivity index is 1.89. The first kappa shape index (κ1) is 17.2. The van der Waals surface area contributed by atoms with Crippen LogP contribution in [0.1, 0.15) is 30.5 Å². The van der Waals surface area contributed by atoms with Gasteiger partial charge in [0.15, 0.2) is 5.82 Å². The maximum atomic E-state index is 13.8. The van der Waals surface area contributed by atoms with Crippen molar-refractivity contribution in [3.63, 3.8) is 0 Å². The fraction of sp³-hybridized carbons (Fsp3) is 0.316. The number of rotatable bonds is 6. The van der Waals surface area contributed by atoms with Crippen molar-refractivity contribution in [2.75, 3.05) is 0 Å². The minimum atomic E-state index is -0.271. The summed E-state index contributed by atoms with van der Waals surface area (Å²) in [4.78, 5) is 8.72. The molecule has 2 heterocycles. The minimum absolute atomic E-state index is 0.271. The molecule has 0 atom stereocenters. The van der Waals surface area contributed by atoms with E-state index in [1.54, 1.807) is 18.5 Å². The average Bonchev–Trinajstić information content (AvgIpc) is 3.01. The van der Waals surface area contributed by atoms with Crippen molar-refractivity contribution in [3.8, 4) is 11.4 Å². The van der Waals surface area contributed by atoms with Gasteiger partial charge in [0.05, 0.1) is 6.20 Å². The van der Waals surface area contributed by atoms with Gasteiger partial charge in [-0.2, -0.15) is 5.10 Å². The Bertz CT molecular complexity index is 839. The van der Waals surface area contributed by atoms with Crippen LogP contribution in [-0.4, -0.2) is 19.7 Å².